The Morgan fingerprint density at radius 2 is 2.03 bits per heavy atom. The zero-order chi connectivity index (χ0) is 20.0. The maximum Gasteiger partial charge on any atom is 0.257 e. The molecule has 6 nitrogen and oxygen atoms in total. The van der Waals surface area contributed by atoms with Crippen molar-refractivity contribution in [2.24, 2.45) is 11.8 Å². The van der Waals surface area contributed by atoms with Gasteiger partial charge < -0.3 is 19.2 Å². The molecule has 1 saturated carbocycles. The molecule has 150 valence electrons. The van der Waals surface area contributed by atoms with Crippen molar-refractivity contribution in [3.8, 4) is 5.75 Å². The fraction of sp³-hybridized carbons (Fsp3) is 0.364. The Balaban J connectivity index is 1.33. The van der Waals surface area contributed by atoms with Gasteiger partial charge in [0.15, 0.2) is 0 Å². The standard InChI is InChI=1S/C22H21ClN2O4/c23-17-3-4-19(21-16(17)2-1-6-24-21)29-20-9-15-11-25(10-14(15)8-18(20)26)22(27)13-5-7-28-12-13/h1-7,12,14-15,18,20,26H,8-11H2/t14-,15+,18+,20+/m0/s1. The van der Waals surface area contributed by atoms with Crippen LogP contribution in [-0.4, -0.2) is 46.2 Å². The lowest BCUT2D eigenvalue weighted by molar-refractivity contribution is -0.0225. The van der Waals surface area contributed by atoms with Crippen molar-refractivity contribution >= 4 is 28.4 Å². The summed E-state index contributed by atoms with van der Waals surface area (Å²) in [5.74, 6) is 1.18. The SMILES string of the molecule is O=C(c1ccoc1)N1C[C@H]2C[C@@H](Oc3ccc(Cl)c4cccnc34)[C@H](O)C[C@H]2C1. The Labute approximate surface area is 173 Å². The lowest BCUT2D eigenvalue weighted by atomic mass is 9.78. The molecule has 7 heteroatoms. The Bertz CT molecular complexity index is 1040. The van der Waals surface area contributed by atoms with E-state index >= 15 is 0 Å². The van der Waals surface area contributed by atoms with Crippen LogP contribution in [0.4, 0.5) is 0 Å². The quantitative estimate of drug-likeness (QED) is 0.708. The summed E-state index contributed by atoms with van der Waals surface area (Å²) in [4.78, 5) is 18.9. The molecule has 29 heavy (non-hydrogen) atoms. The van der Waals surface area contributed by atoms with Crippen LogP contribution in [-0.2, 0) is 0 Å². The topological polar surface area (TPSA) is 75.8 Å². The van der Waals surface area contributed by atoms with Crippen LogP contribution in [0.3, 0.4) is 0 Å². The number of pyridine rings is 1. The molecule has 2 aliphatic rings. The van der Waals surface area contributed by atoms with Gasteiger partial charge in [-0.2, -0.15) is 0 Å². The average molecular weight is 413 g/mol. The molecule has 2 aromatic heterocycles. The third-order valence-electron chi connectivity index (χ3n) is 6.10. The number of amides is 1. The summed E-state index contributed by atoms with van der Waals surface area (Å²) in [7, 11) is 0. The van der Waals surface area contributed by atoms with E-state index in [-0.39, 0.29) is 17.9 Å². The Hall–Kier alpha value is -2.57. The van der Waals surface area contributed by atoms with Crippen LogP contribution in [0.1, 0.15) is 23.2 Å². The molecular formula is C22H21ClN2O4. The predicted molar refractivity (Wildman–Crippen MR) is 108 cm³/mol. The molecule has 0 spiro atoms. The number of benzene rings is 1. The lowest BCUT2D eigenvalue weighted by Gasteiger charge is -2.35. The van der Waals surface area contributed by atoms with E-state index in [9.17, 15) is 9.90 Å². The molecule has 1 aliphatic carbocycles. The summed E-state index contributed by atoms with van der Waals surface area (Å²) in [5, 5.41) is 12.2. The van der Waals surface area contributed by atoms with Crippen molar-refractivity contribution in [3.63, 3.8) is 0 Å². The van der Waals surface area contributed by atoms with Crippen LogP contribution >= 0.6 is 11.6 Å². The van der Waals surface area contributed by atoms with E-state index in [1.54, 1.807) is 24.4 Å². The van der Waals surface area contributed by atoms with Crippen molar-refractivity contribution < 1.29 is 19.1 Å². The van der Waals surface area contributed by atoms with Gasteiger partial charge >= 0.3 is 0 Å². The molecule has 1 saturated heterocycles. The van der Waals surface area contributed by atoms with Crippen molar-refractivity contribution in [2.45, 2.75) is 25.0 Å². The molecule has 1 N–H and O–H groups in total. The van der Waals surface area contributed by atoms with Crippen LogP contribution in [0.2, 0.25) is 5.02 Å². The van der Waals surface area contributed by atoms with Crippen LogP contribution in [0.25, 0.3) is 10.9 Å². The van der Waals surface area contributed by atoms with E-state index in [0.29, 0.717) is 53.7 Å². The highest BCUT2D eigenvalue weighted by Gasteiger charge is 2.44. The van der Waals surface area contributed by atoms with Gasteiger partial charge in [-0.3, -0.25) is 9.78 Å². The second-order valence-electron chi connectivity index (χ2n) is 7.88. The van der Waals surface area contributed by atoms with Gasteiger partial charge in [0.05, 0.1) is 23.0 Å². The molecule has 0 radical (unpaired) electrons. The Kier molecular flexibility index (Phi) is 4.68. The van der Waals surface area contributed by atoms with Gasteiger partial charge in [0.1, 0.15) is 23.6 Å². The average Bonchev–Trinajstić information content (AvgIpc) is 3.40. The second kappa shape index (κ2) is 7.35. The Morgan fingerprint density at radius 3 is 2.83 bits per heavy atom. The molecule has 2 fully saturated rings. The van der Waals surface area contributed by atoms with Crippen LogP contribution in [0.15, 0.2) is 53.5 Å². The first-order valence-electron chi connectivity index (χ1n) is 9.79. The van der Waals surface area contributed by atoms with Crippen LogP contribution in [0.5, 0.6) is 5.75 Å². The van der Waals surface area contributed by atoms with E-state index in [1.165, 1.54) is 12.5 Å². The molecule has 4 atom stereocenters. The van der Waals surface area contributed by atoms with E-state index in [0.717, 1.165) is 5.39 Å². The van der Waals surface area contributed by atoms with Gasteiger partial charge in [-0.15, -0.1) is 0 Å². The molecule has 1 aromatic carbocycles. The third kappa shape index (κ3) is 3.36. The minimum Gasteiger partial charge on any atom is -0.485 e. The Morgan fingerprint density at radius 1 is 1.21 bits per heavy atom. The smallest absolute Gasteiger partial charge is 0.257 e. The number of rotatable bonds is 3. The first-order valence-corrected chi connectivity index (χ1v) is 10.2. The number of hydrogen-bond donors (Lipinski definition) is 1. The molecule has 3 heterocycles. The third-order valence-corrected chi connectivity index (χ3v) is 6.43. The minimum atomic E-state index is -0.588. The normalized spacial score (nSPS) is 26.5. The highest BCUT2D eigenvalue weighted by Crippen LogP contribution is 2.39. The summed E-state index contributed by atoms with van der Waals surface area (Å²) in [6, 6.07) is 9.02. The summed E-state index contributed by atoms with van der Waals surface area (Å²) in [6.45, 7) is 1.32. The van der Waals surface area contributed by atoms with Crippen molar-refractivity contribution in [1.82, 2.24) is 9.88 Å². The van der Waals surface area contributed by atoms with E-state index in [2.05, 4.69) is 4.98 Å². The number of nitrogens with zero attached hydrogens (tertiary/aromatic N) is 2. The van der Waals surface area contributed by atoms with Crippen LogP contribution in [0, 0.1) is 11.8 Å². The van der Waals surface area contributed by atoms with Crippen LogP contribution < -0.4 is 4.74 Å². The highest BCUT2D eigenvalue weighted by molar-refractivity contribution is 6.35. The number of furan rings is 1. The molecule has 3 aromatic rings. The van der Waals surface area contributed by atoms with Crippen molar-refractivity contribution in [2.75, 3.05) is 13.1 Å². The largest absolute Gasteiger partial charge is 0.485 e. The van der Waals surface area contributed by atoms with Crippen molar-refractivity contribution in [3.05, 3.63) is 59.6 Å². The lowest BCUT2D eigenvalue weighted by Crippen LogP contribution is -2.42. The first-order chi connectivity index (χ1) is 14.1. The summed E-state index contributed by atoms with van der Waals surface area (Å²) in [6.07, 6.45) is 5.07. The molecular weight excluding hydrogens is 392 g/mol. The maximum atomic E-state index is 12.6. The van der Waals surface area contributed by atoms with Gasteiger partial charge in [0, 0.05) is 24.7 Å². The summed E-state index contributed by atoms with van der Waals surface area (Å²) < 4.78 is 11.3. The van der Waals surface area contributed by atoms with Gasteiger partial charge in [-0.05, 0) is 55.0 Å². The molecule has 1 aliphatic heterocycles. The first kappa shape index (κ1) is 18.5. The van der Waals surface area contributed by atoms with E-state index in [1.807, 2.05) is 17.0 Å². The minimum absolute atomic E-state index is 0.0204. The number of aliphatic hydroxyl groups is 1. The number of fused-ring (bicyclic) bond motifs is 2. The zero-order valence-corrected chi connectivity index (χ0v) is 16.5. The van der Waals surface area contributed by atoms with Crippen molar-refractivity contribution in [1.29, 1.82) is 0 Å². The second-order valence-corrected chi connectivity index (χ2v) is 8.29. The number of ether oxygens (including phenoxy) is 1. The van der Waals surface area contributed by atoms with Gasteiger partial charge in [-0.1, -0.05) is 11.6 Å². The molecule has 0 bridgehead atoms. The van der Waals surface area contributed by atoms with Gasteiger partial charge in [0.2, 0.25) is 0 Å². The summed E-state index contributed by atoms with van der Waals surface area (Å²) >= 11 is 6.27. The maximum absolute atomic E-state index is 12.6. The molecule has 5 rings (SSSR count). The zero-order valence-electron chi connectivity index (χ0n) is 15.7. The number of hydrogen-bond acceptors (Lipinski definition) is 5. The number of carbonyl (C=O) groups is 1. The van der Waals surface area contributed by atoms with Gasteiger partial charge in [0.25, 0.3) is 5.91 Å². The highest BCUT2D eigenvalue weighted by atomic mass is 35.5. The molecule has 1 amide bonds. The van der Waals surface area contributed by atoms with Gasteiger partial charge in [-0.25, -0.2) is 0 Å². The number of aromatic nitrogens is 1. The monoisotopic (exact) mass is 412 g/mol. The fourth-order valence-electron chi connectivity index (χ4n) is 4.62. The van der Waals surface area contributed by atoms with E-state index in [4.69, 9.17) is 20.8 Å². The van der Waals surface area contributed by atoms with E-state index < -0.39 is 6.10 Å². The fourth-order valence-corrected chi connectivity index (χ4v) is 4.84. The number of halogens is 1. The number of likely N-dealkylation sites (tertiary alicyclic amines) is 1. The number of carbonyl (C=O) groups excluding carboxylic acids is 1. The summed E-state index contributed by atoms with van der Waals surface area (Å²) in [5.41, 5.74) is 1.26. The number of aliphatic hydroxyl groups excluding tert-OH is 1. The predicted octanol–water partition coefficient (Wildman–Crippen LogP) is 3.77. The molecule has 0 unspecified atom stereocenters.